The summed E-state index contributed by atoms with van der Waals surface area (Å²) in [7, 11) is 1.44. The molecule has 1 amide bonds. The van der Waals surface area contributed by atoms with Crippen LogP contribution in [0.15, 0.2) is 42.5 Å². The van der Waals surface area contributed by atoms with E-state index in [1.54, 1.807) is 12.1 Å². The lowest BCUT2D eigenvalue weighted by atomic mass is 10.1. The van der Waals surface area contributed by atoms with Crippen LogP contribution >= 0.6 is 0 Å². The van der Waals surface area contributed by atoms with Crippen LogP contribution in [0, 0.1) is 0 Å². The number of hydrogen-bond donors (Lipinski definition) is 3. The molecule has 2 aromatic rings. The maximum atomic E-state index is 12.2. The Kier molecular flexibility index (Phi) is 4.08. The summed E-state index contributed by atoms with van der Waals surface area (Å²) in [6.07, 6.45) is 0. The van der Waals surface area contributed by atoms with Crippen molar-refractivity contribution in [2.75, 3.05) is 12.4 Å². The van der Waals surface area contributed by atoms with Gasteiger partial charge in [0.25, 0.3) is 5.91 Å². The Bertz CT molecular complexity index is 696. The van der Waals surface area contributed by atoms with E-state index in [9.17, 15) is 14.7 Å². The van der Waals surface area contributed by atoms with Crippen LogP contribution < -0.4 is 10.1 Å². The standard InChI is InChI=1S/C15H13NO5/c1-21-9-6-7-13(17)11(8-9)14(18)16-12-5-3-2-4-10(12)15(19)20/h2-8,17H,1H3,(H,16,18)(H,19,20). The molecule has 0 unspecified atom stereocenters. The molecule has 0 aromatic heterocycles. The SMILES string of the molecule is COc1ccc(O)c(C(=O)Nc2ccccc2C(=O)O)c1. The molecule has 21 heavy (non-hydrogen) atoms. The zero-order valence-corrected chi connectivity index (χ0v) is 11.2. The lowest BCUT2D eigenvalue weighted by Gasteiger charge is -2.10. The van der Waals surface area contributed by atoms with E-state index in [0.717, 1.165) is 0 Å². The largest absolute Gasteiger partial charge is 0.507 e. The number of aromatic hydroxyl groups is 1. The minimum atomic E-state index is -1.15. The zero-order chi connectivity index (χ0) is 15.4. The summed E-state index contributed by atoms with van der Waals surface area (Å²) >= 11 is 0. The van der Waals surface area contributed by atoms with Crippen molar-refractivity contribution in [2.45, 2.75) is 0 Å². The highest BCUT2D eigenvalue weighted by Gasteiger charge is 2.16. The Morgan fingerprint density at radius 1 is 1.10 bits per heavy atom. The van der Waals surface area contributed by atoms with Gasteiger partial charge >= 0.3 is 5.97 Å². The molecule has 0 aliphatic carbocycles. The van der Waals surface area contributed by atoms with Crippen LogP contribution in [0.4, 0.5) is 5.69 Å². The molecule has 0 spiro atoms. The fraction of sp³-hybridized carbons (Fsp3) is 0.0667. The predicted octanol–water partition coefficient (Wildman–Crippen LogP) is 2.35. The van der Waals surface area contributed by atoms with Crippen LogP contribution in [0.1, 0.15) is 20.7 Å². The van der Waals surface area contributed by atoms with Crippen molar-refractivity contribution in [1.82, 2.24) is 0 Å². The number of rotatable bonds is 4. The summed E-state index contributed by atoms with van der Waals surface area (Å²) in [5, 5.41) is 21.3. The number of benzene rings is 2. The van der Waals surface area contributed by atoms with Gasteiger partial charge < -0.3 is 20.3 Å². The molecule has 6 nitrogen and oxygen atoms in total. The monoisotopic (exact) mass is 287 g/mol. The first-order valence-electron chi connectivity index (χ1n) is 6.03. The normalized spacial score (nSPS) is 9.95. The molecule has 2 aromatic carbocycles. The zero-order valence-electron chi connectivity index (χ0n) is 11.2. The van der Waals surface area contributed by atoms with Crippen molar-refractivity contribution in [1.29, 1.82) is 0 Å². The highest BCUT2D eigenvalue weighted by molar-refractivity contribution is 6.09. The number of phenolic OH excluding ortho intramolecular Hbond substituents is 1. The van der Waals surface area contributed by atoms with E-state index in [2.05, 4.69) is 5.32 Å². The van der Waals surface area contributed by atoms with Crippen molar-refractivity contribution in [3.05, 3.63) is 53.6 Å². The van der Waals surface area contributed by atoms with Crippen LogP contribution in [-0.2, 0) is 0 Å². The Hall–Kier alpha value is -3.02. The molecule has 0 aliphatic heterocycles. The van der Waals surface area contributed by atoms with Gasteiger partial charge in [0.2, 0.25) is 0 Å². The van der Waals surface area contributed by atoms with Crippen molar-refractivity contribution in [3.8, 4) is 11.5 Å². The number of methoxy groups -OCH3 is 1. The van der Waals surface area contributed by atoms with Crippen LogP contribution in [-0.4, -0.2) is 29.2 Å². The number of anilines is 1. The molecule has 108 valence electrons. The van der Waals surface area contributed by atoms with Crippen LogP contribution in [0.3, 0.4) is 0 Å². The Morgan fingerprint density at radius 3 is 2.48 bits per heavy atom. The van der Waals surface area contributed by atoms with E-state index in [1.807, 2.05) is 0 Å². The van der Waals surface area contributed by atoms with E-state index in [-0.39, 0.29) is 22.6 Å². The summed E-state index contributed by atoms with van der Waals surface area (Å²) in [6, 6.07) is 10.2. The minimum Gasteiger partial charge on any atom is -0.507 e. The first-order chi connectivity index (χ1) is 10.0. The highest BCUT2D eigenvalue weighted by Crippen LogP contribution is 2.24. The highest BCUT2D eigenvalue weighted by atomic mass is 16.5. The van der Waals surface area contributed by atoms with Gasteiger partial charge in [0, 0.05) is 0 Å². The molecule has 0 bridgehead atoms. The minimum absolute atomic E-state index is 0.00505. The van der Waals surface area contributed by atoms with Crippen molar-refractivity contribution in [2.24, 2.45) is 0 Å². The third kappa shape index (κ3) is 3.11. The molecule has 2 rings (SSSR count). The van der Waals surface area contributed by atoms with E-state index in [4.69, 9.17) is 9.84 Å². The molecule has 0 aliphatic rings. The van der Waals surface area contributed by atoms with Crippen LogP contribution in [0.5, 0.6) is 11.5 Å². The van der Waals surface area contributed by atoms with E-state index in [1.165, 1.54) is 37.4 Å². The van der Waals surface area contributed by atoms with Gasteiger partial charge in [0.1, 0.15) is 11.5 Å². The Morgan fingerprint density at radius 2 is 1.81 bits per heavy atom. The maximum absolute atomic E-state index is 12.2. The summed E-state index contributed by atoms with van der Waals surface area (Å²) in [4.78, 5) is 23.2. The Balaban J connectivity index is 2.33. The fourth-order valence-electron chi connectivity index (χ4n) is 1.79. The fourth-order valence-corrected chi connectivity index (χ4v) is 1.79. The molecule has 0 fully saturated rings. The van der Waals surface area contributed by atoms with Gasteiger partial charge in [-0.15, -0.1) is 0 Å². The van der Waals surface area contributed by atoms with Gasteiger partial charge in [-0.3, -0.25) is 4.79 Å². The maximum Gasteiger partial charge on any atom is 0.337 e. The van der Waals surface area contributed by atoms with Gasteiger partial charge in [-0.05, 0) is 30.3 Å². The number of ether oxygens (including phenoxy) is 1. The van der Waals surface area contributed by atoms with Crippen molar-refractivity contribution < 1.29 is 24.5 Å². The molecule has 0 atom stereocenters. The molecular weight excluding hydrogens is 274 g/mol. The lowest BCUT2D eigenvalue weighted by molar-refractivity contribution is 0.0698. The quantitative estimate of drug-likeness (QED) is 0.802. The van der Waals surface area contributed by atoms with E-state index in [0.29, 0.717) is 5.75 Å². The van der Waals surface area contributed by atoms with Crippen molar-refractivity contribution in [3.63, 3.8) is 0 Å². The van der Waals surface area contributed by atoms with E-state index < -0.39 is 11.9 Å². The van der Waals surface area contributed by atoms with Gasteiger partial charge in [-0.2, -0.15) is 0 Å². The average molecular weight is 287 g/mol. The third-order valence-corrected chi connectivity index (χ3v) is 2.85. The topological polar surface area (TPSA) is 95.9 Å². The number of nitrogens with one attached hydrogen (secondary N) is 1. The second-order valence-corrected chi connectivity index (χ2v) is 4.19. The Labute approximate surface area is 120 Å². The molecule has 3 N–H and O–H groups in total. The number of carboxylic acids is 1. The number of phenols is 1. The summed E-state index contributed by atoms with van der Waals surface area (Å²) in [5.41, 5.74) is 0.111. The van der Waals surface area contributed by atoms with Gasteiger partial charge in [-0.1, -0.05) is 12.1 Å². The number of carbonyl (C=O) groups is 2. The number of aromatic carboxylic acids is 1. The molecule has 0 saturated carbocycles. The van der Waals surface area contributed by atoms with Gasteiger partial charge in [0.15, 0.2) is 0 Å². The first-order valence-corrected chi connectivity index (χ1v) is 6.03. The second-order valence-electron chi connectivity index (χ2n) is 4.19. The average Bonchev–Trinajstić information content (AvgIpc) is 2.48. The third-order valence-electron chi connectivity index (χ3n) is 2.85. The number of para-hydroxylation sites is 1. The summed E-state index contributed by atoms with van der Waals surface area (Å²) in [6.45, 7) is 0. The molecule has 6 heteroatoms. The number of hydrogen-bond acceptors (Lipinski definition) is 4. The molecule has 0 saturated heterocycles. The molecule has 0 radical (unpaired) electrons. The molecular formula is C15H13NO5. The first kappa shape index (κ1) is 14.4. The number of carbonyl (C=O) groups excluding carboxylic acids is 1. The number of amides is 1. The van der Waals surface area contributed by atoms with Crippen molar-refractivity contribution >= 4 is 17.6 Å². The second kappa shape index (κ2) is 5.96. The predicted molar refractivity (Wildman–Crippen MR) is 76.0 cm³/mol. The van der Waals surface area contributed by atoms with Gasteiger partial charge in [0.05, 0.1) is 23.9 Å². The lowest BCUT2D eigenvalue weighted by Crippen LogP contribution is -2.15. The van der Waals surface area contributed by atoms with Crippen LogP contribution in [0.2, 0.25) is 0 Å². The number of carboxylic acid groups (broad SMARTS) is 1. The molecule has 0 heterocycles. The van der Waals surface area contributed by atoms with Crippen LogP contribution in [0.25, 0.3) is 0 Å². The smallest absolute Gasteiger partial charge is 0.337 e. The summed E-state index contributed by atoms with van der Waals surface area (Å²) in [5.74, 6) is -1.59. The van der Waals surface area contributed by atoms with Gasteiger partial charge in [-0.25, -0.2) is 4.79 Å². The summed E-state index contributed by atoms with van der Waals surface area (Å²) < 4.78 is 4.99. The van der Waals surface area contributed by atoms with E-state index >= 15 is 0 Å².